The van der Waals surface area contributed by atoms with Gasteiger partial charge in [0.2, 0.25) is 0 Å². The van der Waals surface area contributed by atoms with E-state index in [0.29, 0.717) is 52.9 Å². The standard InChI is InChI=1S/C36H26F4N2O2/c37-30-16-11-27(12-17-30)32-22-33(42(41-32)31-18-14-29(15-19-31)36(38,39)40)28-13-20-34(43-23-25-7-3-1-4-8-25)35(21-28)44-24-26-9-5-2-6-10-26/h1-22H,23-24H2. The van der Waals surface area contributed by atoms with Gasteiger partial charge < -0.3 is 9.47 Å². The molecule has 0 amide bonds. The fraction of sp³-hybridized carbons (Fsp3) is 0.0833. The van der Waals surface area contributed by atoms with E-state index >= 15 is 0 Å². The lowest BCUT2D eigenvalue weighted by molar-refractivity contribution is -0.137. The number of aromatic nitrogens is 2. The largest absolute Gasteiger partial charge is 0.485 e. The zero-order chi connectivity index (χ0) is 30.5. The van der Waals surface area contributed by atoms with Crippen LogP contribution in [0.3, 0.4) is 0 Å². The molecule has 8 heteroatoms. The van der Waals surface area contributed by atoms with E-state index in [0.717, 1.165) is 23.3 Å². The summed E-state index contributed by atoms with van der Waals surface area (Å²) in [4.78, 5) is 0. The summed E-state index contributed by atoms with van der Waals surface area (Å²) >= 11 is 0. The predicted molar refractivity (Wildman–Crippen MR) is 161 cm³/mol. The number of hydrogen-bond donors (Lipinski definition) is 0. The second-order valence-electron chi connectivity index (χ2n) is 10.1. The predicted octanol–water partition coefficient (Wildman–Crippen LogP) is 9.52. The van der Waals surface area contributed by atoms with Gasteiger partial charge in [-0.3, -0.25) is 0 Å². The van der Waals surface area contributed by atoms with Crippen molar-refractivity contribution in [2.24, 2.45) is 0 Å². The van der Waals surface area contributed by atoms with Crippen LogP contribution in [0.15, 0.2) is 133 Å². The molecule has 0 aliphatic rings. The molecule has 0 radical (unpaired) electrons. The Balaban J connectivity index is 1.41. The van der Waals surface area contributed by atoms with Gasteiger partial charge in [-0.25, -0.2) is 9.07 Å². The molecule has 0 aliphatic carbocycles. The molecule has 44 heavy (non-hydrogen) atoms. The van der Waals surface area contributed by atoms with Gasteiger partial charge in [0.25, 0.3) is 0 Å². The second-order valence-corrected chi connectivity index (χ2v) is 10.1. The Kier molecular flexibility index (Phi) is 8.14. The highest BCUT2D eigenvalue weighted by Crippen LogP contribution is 2.37. The smallest absolute Gasteiger partial charge is 0.416 e. The lowest BCUT2D eigenvalue weighted by Gasteiger charge is -2.15. The summed E-state index contributed by atoms with van der Waals surface area (Å²) in [5.74, 6) is 0.640. The fourth-order valence-electron chi connectivity index (χ4n) is 4.71. The van der Waals surface area contributed by atoms with Crippen LogP contribution in [0.5, 0.6) is 11.5 Å². The first-order valence-electron chi connectivity index (χ1n) is 13.8. The van der Waals surface area contributed by atoms with Gasteiger partial charge in [0.1, 0.15) is 19.0 Å². The number of hydrogen-bond acceptors (Lipinski definition) is 3. The zero-order valence-electron chi connectivity index (χ0n) is 23.3. The number of alkyl halides is 3. The highest BCUT2D eigenvalue weighted by atomic mass is 19.4. The van der Waals surface area contributed by atoms with Crippen LogP contribution in [-0.4, -0.2) is 9.78 Å². The molecule has 0 bridgehead atoms. The van der Waals surface area contributed by atoms with Crippen molar-refractivity contribution >= 4 is 0 Å². The molecule has 0 spiro atoms. The van der Waals surface area contributed by atoms with E-state index < -0.39 is 11.7 Å². The summed E-state index contributed by atoms with van der Waals surface area (Å²) in [7, 11) is 0. The molecule has 0 saturated carbocycles. The van der Waals surface area contributed by atoms with Crippen LogP contribution in [-0.2, 0) is 19.4 Å². The van der Waals surface area contributed by atoms with Gasteiger partial charge in [0.15, 0.2) is 11.5 Å². The van der Waals surface area contributed by atoms with Gasteiger partial charge in [-0.05, 0) is 83.9 Å². The number of halogens is 4. The lowest BCUT2D eigenvalue weighted by atomic mass is 10.1. The van der Waals surface area contributed by atoms with Crippen LogP contribution < -0.4 is 9.47 Å². The maximum atomic E-state index is 13.7. The first kappa shape index (κ1) is 28.7. The van der Waals surface area contributed by atoms with Crippen LogP contribution in [0.2, 0.25) is 0 Å². The molecule has 0 N–H and O–H groups in total. The number of benzene rings is 5. The molecule has 4 nitrogen and oxygen atoms in total. The van der Waals surface area contributed by atoms with Gasteiger partial charge in [0.05, 0.1) is 22.6 Å². The van der Waals surface area contributed by atoms with E-state index in [1.807, 2.05) is 78.9 Å². The molecule has 6 aromatic rings. The van der Waals surface area contributed by atoms with Gasteiger partial charge >= 0.3 is 6.18 Å². The van der Waals surface area contributed by atoms with E-state index in [4.69, 9.17) is 14.6 Å². The van der Waals surface area contributed by atoms with Crippen LogP contribution in [0, 0.1) is 5.82 Å². The van der Waals surface area contributed by atoms with Gasteiger partial charge in [0, 0.05) is 11.1 Å². The Morgan fingerprint density at radius 1 is 0.591 bits per heavy atom. The second kappa shape index (κ2) is 12.5. The molecule has 0 fully saturated rings. The molecule has 1 aromatic heterocycles. The third kappa shape index (κ3) is 6.65. The number of ether oxygens (including phenoxy) is 2. The summed E-state index contributed by atoms with van der Waals surface area (Å²) in [5, 5.41) is 4.71. The average molecular weight is 595 g/mol. The van der Waals surface area contributed by atoms with E-state index in [1.165, 1.54) is 24.3 Å². The van der Waals surface area contributed by atoms with E-state index in [1.54, 1.807) is 22.9 Å². The monoisotopic (exact) mass is 594 g/mol. The minimum atomic E-state index is -4.47. The minimum absolute atomic E-state index is 0.297. The molecule has 0 saturated heterocycles. The van der Waals surface area contributed by atoms with Crippen molar-refractivity contribution in [2.75, 3.05) is 0 Å². The lowest BCUT2D eigenvalue weighted by Crippen LogP contribution is -2.06. The Hall–Kier alpha value is -5.37. The average Bonchev–Trinajstić information content (AvgIpc) is 3.49. The summed E-state index contributed by atoms with van der Waals surface area (Å²) in [6.07, 6.45) is -4.47. The topological polar surface area (TPSA) is 36.3 Å². The molecule has 6 rings (SSSR count). The van der Waals surface area contributed by atoms with Gasteiger partial charge in [-0.1, -0.05) is 60.7 Å². The van der Waals surface area contributed by atoms with Crippen LogP contribution >= 0.6 is 0 Å². The Bertz CT molecular complexity index is 1830. The van der Waals surface area contributed by atoms with Crippen LogP contribution in [0.1, 0.15) is 16.7 Å². The molecule has 5 aromatic carbocycles. The Labute approximate surface area is 251 Å². The van der Waals surface area contributed by atoms with Crippen molar-refractivity contribution in [3.8, 4) is 39.7 Å². The summed E-state index contributed by atoms with van der Waals surface area (Å²) < 4.78 is 67.5. The molecule has 1 heterocycles. The zero-order valence-corrected chi connectivity index (χ0v) is 23.3. The maximum absolute atomic E-state index is 13.7. The van der Waals surface area contributed by atoms with E-state index in [9.17, 15) is 17.6 Å². The first-order valence-corrected chi connectivity index (χ1v) is 13.8. The highest BCUT2D eigenvalue weighted by Gasteiger charge is 2.30. The summed E-state index contributed by atoms with van der Waals surface area (Å²) in [5.41, 5.74) is 4.11. The molecule has 0 atom stereocenters. The van der Waals surface area contributed by atoms with Crippen LogP contribution in [0.25, 0.3) is 28.2 Å². The quantitative estimate of drug-likeness (QED) is 0.157. The first-order chi connectivity index (χ1) is 21.3. The van der Waals surface area contributed by atoms with Crippen LogP contribution in [0.4, 0.5) is 17.6 Å². The number of nitrogens with zero attached hydrogens (tertiary/aromatic N) is 2. The van der Waals surface area contributed by atoms with Crippen molar-refractivity contribution in [2.45, 2.75) is 19.4 Å². The normalized spacial score (nSPS) is 11.4. The SMILES string of the molecule is Fc1ccc(-c2cc(-c3ccc(OCc4ccccc4)c(OCc4ccccc4)c3)n(-c3ccc(C(F)(F)F)cc3)n2)cc1. The third-order valence-corrected chi connectivity index (χ3v) is 7.00. The van der Waals surface area contributed by atoms with Crippen molar-refractivity contribution in [1.82, 2.24) is 9.78 Å². The van der Waals surface area contributed by atoms with Gasteiger partial charge in [-0.15, -0.1) is 0 Å². The molecule has 220 valence electrons. The molecule has 0 unspecified atom stereocenters. The Morgan fingerprint density at radius 2 is 1.16 bits per heavy atom. The highest BCUT2D eigenvalue weighted by molar-refractivity contribution is 5.72. The van der Waals surface area contributed by atoms with Gasteiger partial charge in [-0.2, -0.15) is 18.3 Å². The maximum Gasteiger partial charge on any atom is 0.416 e. The summed E-state index contributed by atoms with van der Waals surface area (Å²) in [6, 6.07) is 37.4. The molecular weight excluding hydrogens is 568 g/mol. The van der Waals surface area contributed by atoms with E-state index in [2.05, 4.69) is 0 Å². The molecular formula is C36H26F4N2O2. The minimum Gasteiger partial charge on any atom is -0.485 e. The third-order valence-electron chi connectivity index (χ3n) is 7.00. The fourth-order valence-corrected chi connectivity index (χ4v) is 4.71. The summed E-state index contributed by atoms with van der Waals surface area (Å²) in [6.45, 7) is 0.630. The van der Waals surface area contributed by atoms with Crippen molar-refractivity contribution in [3.05, 3.63) is 156 Å². The Morgan fingerprint density at radius 3 is 1.75 bits per heavy atom. The van der Waals surface area contributed by atoms with Crippen molar-refractivity contribution in [3.63, 3.8) is 0 Å². The molecule has 0 aliphatic heterocycles. The van der Waals surface area contributed by atoms with Crippen molar-refractivity contribution < 1.29 is 27.0 Å². The van der Waals surface area contributed by atoms with Crippen molar-refractivity contribution in [1.29, 1.82) is 0 Å². The number of rotatable bonds is 9. The van der Waals surface area contributed by atoms with E-state index in [-0.39, 0.29) is 5.82 Å².